The Balaban J connectivity index is 2.09. The van der Waals surface area contributed by atoms with Crippen LogP contribution < -0.4 is 5.73 Å². The highest BCUT2D eigenvalue weighted by Gasteiger charge is 2.21. The molecule has 0 amide bonds. The van der Waals surface area contributed by atoms with E-state index >= 15 is 0 Å². The number of fused-ring (bicyclic) bond motifs is 1. The minimum Gasteiger partial charge on any atom is -0.465 e. The molecule has 0 saturated carbocycles. The van der Waals surface area contributed by atoms with Crippen LogP contribution in [0.25, 0.3) is 16.9 Å². The summed E-state index contributed by atoms with van der Waals surface area (Å²) in [5.74, 6) is -0.423. The summed E-state index contributed by atoms with van der Waals surface area (Å²) in [5, 5.41) is 0.588. The number of nitrogens with zero attached hydrogens (tertiary/aromatic N) is 2. The number of aromatic nitrogens is 2. The number of benzene rings is 1. The number of hydrogen-bond donors (Lipinski definition) is 1. The van der Waals surface area contributed by atoms with Crippen molar-refractivity contribution in [2.24, 2.45) is 5.73 Å². The van der Waals surface area contributed by atoms with Gasteiger partial charge in [-0.05, 0) is 19.1 Å². The molecule has 0 aliphatic rings. The van der Waals surface area contributed by atoms with Gasteiger partial charge in [0.05, 0.1) is 23.0 Å². The van der Waals surface area contributed by atoms with Gasteiger partial charge in [-0.2, -0.15) is 0 Å². The van der Waals surface area contributed by atoms with Crippen LogP contribution in [0, 0.1) is 0 Å². The number of ether oxygens (including phenoxy) is 1. The molecule has 5 nitrogen and oxygen atoms in total. The minimum absolute atomic E-state index is 0.303. The maximum Gasteiger partial charge on any atom is 0.323 e. The predicted octanol–water partition coefficient (Wildman–Crippen LogP) is 3.09. The summed E-state index contributed by atoms with van der Waals surface area (Å²) in [6.07, 6.45) is 2.09. The van der Waals surface area contributed by atoms with E-state index in [1.807, 2.05) is 40.8 Å². The molecule has 0 fully saturated rings. The third-order valence-electron chi connectivity index (χ3n) is 3.73. The summed E-state index contributed by atoms with van der Waals surface area (Å²) >= 11 is 6.12. The maximum absolute atomic E-state index is 11.9. The van der Waals surface area contributed by atoms with Crippen molar-refractivity contribution in [2.45, 2.75) is 19.4 Å². The lowest BCUT2D eigenvalue weighted by Crippen LogP contribution is -2.34. The van der Waals surface area contributed by atoms with Crippen LogP contribution in [0.4, 0.5) is 0 Å². The fourth-order valence-electron chi connectivity index (χ4n) is 2.63. The molecule has 24 heavy (non-hydrogen) atoms. The van der Waals surface area contributed by atoms with Crippen molar-refractivity contribution < 1.29 is 9.53 Å². The van der Waals surface area contributed by atoms with E-state index < -0.39 is 12.0 Å². The quantitative estimate of drug-likeness (QED) is 0.723. The van der Waals surface area contributed by atoms with Gasteiger partial charge in [0.25, 0.3) is 0 Å². The number of hydrogen-bond acceptors (Lipinski definition) is 4. The molecule has 2 aromatic heterocycles. The Morgan fingerprint density at radius 2 is 2.04 bits per heavy atom. The molecule has 3 aromatic rings. The van der Waals surface area contributed by atoms with Crippen LogP contribution in [0.15, 0.2) is 48.7 Å². The number of carbonyl (C=O) groups excluding carboxylic acids is 1. The van der Waals surface area contributed by atoms with E-state index in [0.717, 1.165) is 22.6 Å². The van der Waals surface area contributed by atoms with Crippen molar-refractivity contribution in [1.29, 1.82) is 0 Å². The molecule has 124 valence electrons. The van der Waals surface area contributed by atoms with Crippen LogP contribution in [0.2, 0.25) is 5.02 Å². The van der Waals surface area contributed by atoms with E-state index in [4.69, 9.17) is 22.1 Å². The fourth-order valence-corrected chi connectivity index (χ4v) is 2.79. The molecule has 1 unspecified atom stereocenters. The Labute approximate surface area is 145 Å². The zero-order chi connectivity index (χ0) is 17.1. The Hall–Kier alpha value is -2.37. The van der Waals surface area contributed by atoms with Crippen LogP contribution in [0.3, 0.4) is 0 Å². The molecule has 0 aliphatic heterocycles. The molecule has 0 saturated heterocycles. The molecule has 0 aliphatic carbocycles. The number of rotatable bonds is 5. The van der Waals surface area contributed by atoms with Gasteiger partial charge >= 0.3 is 5.97 Å². The molecule has 2 heterocycles. The first kappa shape index (κ1) is 16.5. The smallest absolute Gasteiger partial charge is 0.323 e. The lowest BCUT2D eigenvalue weighted by Gasteiger charge is -2.12. The fraction of sp³-hybridized carbons (Fsp3) is 0.222. The molecular weight excluding hydrogens is 326 g/mol. The third kappa shape index (κ3) is 3.27. The van der Waals surface area contributed by atoms with Gasteiger partial charge in [0.2, 0.25) is 0 Å². The summed E-state index contributed by atoms with van der Waals surface area (Å²) < 4.78 is 6.89. The zero-order valence-electron chi connectivity index (χ0n) is 13.3. The highest BCUT2D eigenvalue weighted by Crippen LogP contribution is 2.26. The molecule has 2 N–H and O–H groups in total. The third-order valence-corrected chi connectivity index (χ3v) is 3.95. The molecule has 0 bridgehead atoms. The van der Waals surface area contributed by atoms with Gasteiger partial charge in [0.1, 0.15) is 11.7 Å². The van der Waals surface area contributed by atoms with E-state index in [1.165, 1.54) is 0 Å². The van der Waals surface area contributed by atoms with Crippen molar-refractivity contribution >= 4 is 23.2 Å². The van der Waals surface area contributed by atoms with Crippen LogP contribution in [0.5, 0.6) is 0 Å². The Morgan fingerprint density at radius 3 is 2.75 bits per heavy atom. The van der Waals surface area contributed by atoms with E-state index in [2.05, 4.69) is 4.98 Å². The second-order valence-corrected chi connectivity index (χ2v) is 5.85. The number of imidazole rings is 1. The van der Waals surface area contributed by atoms with Gasteiger partial charge < -0.3 is 14.9 Å². The molecule has 6 heteroatoms. The van der Waals surface area contributed by atoms with Crippen molar-refractivity contribution in [2.75, 3.05) is 6.61 Å². The van der Waals surface area contributed by atoms with Crippen molar-refractivity contribution in [3.63, 3.8) is 0 Å². The summed E-state index contributed by atoms with van der Waals surface area (Å²) in [5.41, 5.74) is 9.36. The average molecular weight is 344 g/mol. The SMILES string of the molecule is CCOC(=O)C(N)Cc1c(-c2ccccc2)nc2ccc(Cl)cn12. The summed E-state index contributed by atoms with van der Waals surface area (Å²) in [7, 11) is 0. The largest absolute Gasteiger partial charge is 0.465 e. The van der Waals surface area contributed by atoms with E-state index in [1.54, 1.807) is 19.2 Å². The number of halogens is 1. The van der Waals surface area contributed by atoms with Gasteiger partial charge in [-0.15, -0.1) is 0 Å². The van der Waals surface area contributed by atoms with Crippen molar-refractivity contribution in [3.8, 4) is 11.3 Å². The first-order valence-corrected chi connectivity index (χ1v) is 8.12. The molecule has 3 rings (SSSR count). The van der Waals surface area contributed by atoms with Crippen LogP contribution >= 0.6 is 11.6 Å². The van der Waals surface area contributed by atoms with E-state index in [-0.39, 0.29) is 0 Å². The summed E-state index contributed by atoms with van der Waals surface area (Å²) in [6.45, 7) is 2.06. The van der Waals surface area contributed by atoms with Gasteiger partial charge in [0.15, 0.2) is 0 Å². The normalized spacial score (nSPS) is 12.3. The molecule has 0 radical (unpaired) electrons. The van der Waals surface area contributed by atoms with Crippen molar-refractivity contribution in [1.82, 2.24) is 9.38 Å². The summed E-state index contributed by atoms with van der Waals surface area (Å²) in [6, 6.07) is 12.7. The van der Waals surface area contributed by atoms with Crippen LogP contribution in [-0.4, -0.2) is 28.0 Å². The number of nitrogens with two attached hydrogens (primary N) is 1. The Kier molecular flexibility index (Phi) is 4.83. The van der Waals surface area contributed by atoms with E-state index in [0.29, 0.717) is 18.1 Å². The Morgan fingerprint density at radius 1 is 1.29 bits per heavy atom. The monoisotopic (exact) mass is 343 g/mol. The first-order chi connectivity index (χ1) is 11.6. The van der Waals surface area contributed by atoms with Gasteiger partial charge in [-0.25, -0.2) is 4.98 Å². The molecule has 1 atom stereocenters. The highest BCUT2D eigenvalue weighted by atomic mass is 35.5. The van der Waals surface area contributed by atoms with Gasteiger partial charge in [-0.1, -0.05) is 41.9 Å². The van der Waals surface area contributed by atoms with Gasteiger partial charge in [0, 0.05) is 18.2 Å². The van der Waals surface area contributed by atoms with Crippen LogP contribution in [0.1, 0.15) is 12.6 Å². The van der Waals surface area contributed by atoms with Crippen LogP contribution in [-0.2, 0) is 16.0 Å². The zero-order valence-corrected chi connectivity index (χ0v) is 14.0. The number of esters is 1. The average Bonchev–Trinajstić information content (AvgIpc) is 2.94. The lowest BCUT2D eigenvalue weighted by atomic mass is 10.1. The molecule has 0 spiro atoms. The maximum atomic E-state index is 11.9. The topological polar surface area (TPSA) is 69.6 Å². The van der Waals surface area contributed by atoms with E-state index in [9.17, 15) is 4.79 Å². The second-order valence-electron chi connectivity index (χ2n) is 5.41. The first-order valence-electron chi connectivity index (χ1n) is 7.74. The molecular formula is C18H18ClN3O2. The number of carbonyl (C=O) groups is 1. The lowest BCUT2D eigenvalue weighted by molar-refractivity contribution is -0.144. The minimum atomic E-state index is -0.758. The van der Waals surface area contributed by atoms with Crippen molar-refractivity contribution in [3.05, 3.63) is 59.4 Å². The standard InChI is InChI=1S/C18H18ClN3O2/c1-2-24-18(23)14(20)10-15-17(12-6-4-3-5-7-12)21-16-9-8-13(19)11-22(15)16/h3-9,11,14H,2,10,20H2,1H3. The summed E-state index contributed by atoms with van der Waals surface area (Å²) in [4.78, 5) is 16.6. The highest BCUT2D eigenvalue weighted by molar-refractivity contribution is 6.30. The van der Waals surface area contributed by atoms with Gasteiger partial charge in [-0.3, -0.25) is 4.79 Å². The predicted molar refractivity (Wildman–Crippen MR) is 94.0 cm³/mol. The Bertz CT molecular complexity index is 861. The molecule has 1 aromatic carbocycles. The second kappa shape index (κ2) is 7.03. The number of pyridine rings is 1.